The molecule has 3 saturated heterocycles. The summed E-state index contributed by atoms with van der Waals surface area (Å²) in [5.74, 6) is -2.19. The quantitative estimate of drug-likeness (QED) is 0.101. The predicted molar refractivity (Wildman–Crippen MR) is 154 cm³/mol. The highest BCUT2D eigenvalue weighted by Crippen LogP contribution is 2.60. The summed E-state index contributed by atoms with van der Waals surface area (Å²) < 4.78 is 12.2. The Balaban J connectivity index is 1.87. The second-order valence-electron chi connectivity index (χ2n) is 11.1. The molecule has 3 fully saturated rings. The SMILES string of the molecule is C=CCCCCOC(=O)[C@H]1[C@@H]2OC3(CC2Br)C(C(=O)N(CC=C)CCCCC)N(CCCCCCO)C(=O)[C@H]13. The summed E-state index contributed by atoms with van der Waals surface area (Å²) in [6, 6.07) is -0.787. The number of hydrogen-bond donors (Lipinski definition) is 1. The van der Waals surface area contributed by atoms with Gasteiger partial charge in [0.25, 0.3) is 0 Å². The molecule has 0 radical (unpaired) electrons. The minimum absolute atomic E-state index is 0.129. The Kier molecular flexibility index (Phi) is 12.5. The van der Waals surface area contributed by atoms with Crippen molar-refractivity contribution in [2.24, 2.45) is 11.8 Å². The number of ether oxygens (including phenoxy) is 2. The first-order chi connectivity index (χ1) is 18.9. The molecule has 3 aliphatic heterocycles. The van der Waals surface area contributed by atoms with Crippen molar-refractivity contribution in [3.63, 3.8) is 0 Å². The third-order valence-electron chi connectivity index (χ3n) is 8.34. The average molecular weight is 612 g/mol. The number of esters is 1. The van der Waals surface area contributed by atoms with Gasteiger partial charge in [-0.1, -0.05) is 60.7 Å². The number of allylic oxidation sites excluding steroid dienone is 1. The van der Waals surface area contributed by atoms with E-state index in [-0.39, 0.29) is 29.9 Å². The van der Waals surface area contributed by atoms with Gasteiger partial charge in [0.15, 0.2) is 0 Å². The van der Waals surface area contributed by atoms with Crippen molar-refractivity contribution in [1.82, 2.24) is 9.80 Å². The number of amides is 2. The van der Waals surface area contributed by atoms with Crippen LogP contribution in [-0.2, 0) is 23.9 Å². The van der Waals surface area contributed by atoms with E-state index in [1.807, 2.05) is 6.08 Å². The lowest BCUT2D eigenvalue weighted by molar-refractivity contribution is -0.155. The fraction of sp³-hybridized carbons (Fsp3) is 0.767. The van der Waals surface area contributed by atoms with Gasteiger partial charge in [-0.25, -0.2) is 0 Å². The molecule has 3 rings (SSSR count). The van der Waals surface area contributed by atoms with Crippen molar-refractivity contribution in [2.45, 2.75) is 100 Å². The number of unbranched alkanes of at least 4 members (excludes halogenated alkanes) is 7. The molecule has 3 heterocycles. The number of aliphatic hydroxyl groups is 1. The second-order valence-corrected chi connectivity index (χ2v) is 12.2. The van der Waals surface area contributed by atoms with Crippen LogP contribution in [0.2, 0.25) is 0 Å². The van der Waals surface area contributed by atoms with Crippen LogP contribution in [0, 0.1) is 11.8 Å². The van der Waals surface area contributed by atoms with Gasteiger partial charge < -0.3 is 24.4 Å². The van der Waals surface area contributed by atoms with Crippen LogP contribution >= 0.6 is 15.9 Å². The molecule has 2 bridgehead atoms. The molecule has 8 nitrogen and oxygen atoms in total. The first kappa shape index (κ1) is 31.8. The highest BCUT2D eigenvalue weighted by Gasteiger charge is 2.77. The third kappa shape index (κ3) is 6.96. The first-order valence-corrected chi connectivity index (χ1v) is 15.7. The molecule has 0 aromatic heterocycles. The van der Waals surface area contributed by atoms with Crippen molar-refractivity contribution < 1.29 is 29.0 Å². The van der Waals surface area contributed by atoms with Gasteiger partial charge in [-0.3, -0.25) is 14.4 Å². The van der Waals surface area contributed by atoms with E-state index in [0.29, 0.717) is 32.5 Å². The molecule has 0 aliphatic carbocycles. The van der Waals surface area contributed by atoms with Crippen molar-refractivity contribution in [3.05, 3.63) is 25.3 Å². The van der Waals surface area contributed by atoms with E-state index < -0.39 is 35.6 Å². The summed E-state index contributed by atoms with van der Waals surface area (Å²) in [4.78, 5) is 45.0. The number of fused-ring (bicyclic) bond motifs is 1. The zero-order valence-electron chi connectivity index (χ0n) is 23.5. The maximum Gasteiger partial charge on any atom is 0.312 e. The van der Waals surface area contributed by atoms with E-state index >= 15 is 0 Å². The molecule has 1 spiro atoms. The summed E-state index contributed by atoms with van der Waals surface area (Å²) in [6.45, 7) is 11.5. The van der Waals surface area contributed by atoms with Crippen LogP contribution in [0.5, 0.6) is 0 Å². The monoisotopic (exact) mass is 610 g/mol. The molecule has 6 atom stereocenters. The topological polar surface area (TPSA) is 96.4 Å². The largest absolute Gasteiger partial charge is 0.465 e. The molecule has 1 N–H and O–H groups in total. The molecule has 0 saturated carbocycles. The van der Waals surface area contributed by atoms with E-state index in [4.69, 9.17) is 14.6 Å². The fourth-order valence-electron chi connectivity index (χ4n) is 6.50. The van der Waals surface area contributed by atoms with Gasteiger partial charge >= 0.3 is 5.97 Å². The molecule has 2 amide bonds. The zero-order chi connectivity index (χ0) is 28.4. The average Bonchev–Trinajstić information content (AvgIpc) is 3.51. The smallest absolute Gasteiger partial charge is 0.312 e. The third-order valence-corrected chi connectivity index (χ3v) is 9.19. The Bertz CT molecular complexity index is 868. The molecule has 220 valence electrons. The van der Waals surface area contributed by atoms with Crippen LogP contribution in [0.1, 0.15) is 77.6 Å². The fourth-order valence-corrected chi connectivity index (χ4v) is 7.44. The van der Waals surface area contributed by atoms with Gasteiger partial charge in [-0.15, -0.1) is 13.2 Å². The van der Waals surface area contributed by atoms with Crippen LogP contribution in [-0.4, -0.2) is 88.1 Å². The van der Waals surface area contributed by atoms with E-state index in [1.165, 1.54) is 0 Å². The Labute approximate surface area is 242 Å². The van der Waals surface area contributed by atoms with Crippen molar-refractivity contribution in [3.8, 4) is 0 Å². The van der Waals surface area contributed by atoms with Crippen LogP contribution in [0.3, 0.4) is 0 Å². The Morgan fingerprint density at radius 1 is 1.15 bits per heavy atom. The van der Waals surface area contributed by atoms with Crippen LogP contribution in [0.4, 0.5) is 0 Å². The predicted octanol–water partition coefficient (Wildman–Crippen LogP) is 4.39. The van der Waals surface area contributed by atoms with Gasteiger partial charge in [0.2, 0.25) is 11.8 Å². The lowest BCUT2D eigenvalue weighted by atomic mass is 9.70. The number of aliphatic hydroxyl groups excluding tert-OH is 1. The number of rotatable bonds is 19. The summed E-state index contributed by atoms with van der Waals surface area (Å²) in [7, 11) is 0. The Morgan fingerprint density at radius 2 is 1.92 bits per heavy atom. The number of carbonyl (C=O) groups excluding carboxylic acids is 3. The number of likely N-dealkylation sites (tertiary alicyclic amines) is 1. The van der Waals surface area contributed by atoms with Crippen LogP contribution < -0.4 is 0 Å². The van der Waals surface area contributed by atoms with Gasteiger partial charge in [-0.05, 0) is 44.9 Å². The summed E-state index contributed by atoms with van der Waals surface area (Å²) in [5.41, 5.74) is -1.06. The number of alkyl halides is 1. The second kappa shape index (κ2) is 15.3. The Hall–Kier alpha value is -1.71. The maximum atomic E-state index is 14.2. The minimum Gasteiger partial charge on any atom is -0.465 e. The molecular weight excluding hydrogens is 564 g/mol. The number of hydrogen-bond acceptors (Lipinski definition) is 6. The maximum absolute atomic E-state index is 14.2. The van der Waals surface area contributed by atoms with E-state index in [0.717, 1.165) is 57.8 Å². The van der Waals surface area contributed by atoms with Gasteiger partial charge in [0.05, 0.1) is 24.5 Å². The molecular formula is C30H47BrN2O6. The van der Waals surface area contributed by atoms with Crippen LogP contribution in [0.15, 0.2) is 25.3 Å². The van der Waals surface area contributed by atoms with E-state index in [2.05, 4.69) is 36.0 Å². The normalized spacial score (nSPS) is 28.9. The summed E-state index contributed by atoms with van der Waals surface area (Å²) >= 11 is 3.72. The van der Waals surface area contributed by atoms with Crippen molar-refractivity contribution in [2.75, 3.05) is 32.8 Å². The zero-order valence-corrected chi connectivity index (χ0v) is 25.1. The first-order valence-electron chi connectivity index (χ1n) is 14.8. The van der Waals surface area contributed by atoms with Crippen molar-refractivity contribution in [1.29, 1.82) is 0 Å². The standard InChI is InChI=1S/C30H47BrN2O6/c1-4-7-9-15-20-38-29(37)23-24-27(35)33(18-13-10-11-14-19-34)26(30(24)21-22(31)25(23)39-30)28(36)32(16-6-3)17-12-8-5-2/h4,6,22-26,34H,1,3,5,7-21H2,2H3/t22?,23-,24+,25-,26?,30?/m1/s1. The van der Waals surface area contributed by atoms with Crippen LogP contribution in [0.25, 0.3) is 0 Å². The molecule has 9 heteroatoms. The van der Waals surface area contributed by atoms with E-state index in [1.54, 1.807) is 15.9 Å². The minimum atomic E-state index is -1.06. The number of nitrogens with zero attached hydrogens (tertiary/aromatic N) is 2. The van der Waals surface area contributed by atoms with Gasteiger partial charge in [-0.2, -0.15) is 0 Å². The molecule has 0 aromatic carbocycles. The summed E-state index contributed by atoms with van der Waals surface area (Å²) in [5, 5.41) is 9.13. The highest BCUT2D eigenvalue weighted by atomic mass is 79.9. The lowest BCUT2D eigenvalue weighted by Crippen LogP contribution is -2.57. The van der Waals surface area contributed by atoms with E-state index in [9.17, 15) is 14.4 Å². The van der Waals surface area contributed by atoms with Gasteiger partial charge in [0, 0.05) is 31.1 Å². The highest BCUT2D eigenvalue weighted by molar-refractivity contribution is 9.09. The van der Waals surface area contributed by atoms with Gasteiger partial charge in [0.1, 0.15) is 11.6 Å². The van der Waals surface area contributed by atoms with Crippen molar-refractivity contribution >= 4 is 33.7 Å². The summed E-state index contributed by atoms with van der Waals surface area (Å²) in [6.07, 6.45) is 12.1. The number of halogens is 1. The lowest BCUT2D eigenvalue weighted by Gasteiger charge is -2.37. The number of carbonyl (C=O) groups is 3. The Morgan fingerprint density at radius 3 is 2.62 bits per heavy atom. The molecule has 0 aromatic rings. The molecule has 3 unspecified atom stereocenters. The molecule has 39 heavy (non-hydrogen) atoms. The molecule has 3 aliphatic rings.